The molecule has 1 atom stereocenters. The standard InChI is InChI=1S/C10H10N2OS/c11-9(8-4-2-6-14-8)7-3-1-5-12-10(7)13/h1-6,9H,11H2,(H,12,13). The van der Waals surface area contributed by atoms with Gasteiger partial charge in [-0.3, -0.25) is 4.79 Å². The Bertz CT molecular complexity index is 461. The highest BCUT2D eigenvalue weighted by Gasteiger charge is 2.12. The van der Waals surface area contributed by atoms with Crippen LogP contribution in [-0.2, 0) is 0 Å². The summed E-state index contributed by atoms with van der Waals surface area (Å²) in [7, 11) is 0. The lowest BCUT2D eigenvalue weighted by atomic mass is 10.1. The van der Waals surface area contributed by atoms with Gasteiger partial charge in [0.2, 0.25) is 0 Å². The summed E-state index contributed by atoms with van der Waals surface area (Å²) in [5.74, 6) is 0. The molecule has 0 amide bonds. The minimum Gasteiger partial charge on any atom is -0.329 e. The van der Waals surface area contributed by atoms with E-state index >= 15 is 0 Å². The van der Waals surface area contributed by atoms with Gasteiger partial charge in [0, 0.05) is 16.6 Å². The largest absolute Gasteiger partial charge is 0.329 e. The third-order valence-electron chi connectivity index (χ3n) is 2.03. The number of thiophene rings is 1. The minimum atomic E-state index is -0.319. The molecule has 0 aliphatic rings. The van der Waals surface area contributed by atoms with Crippen molar-refractivity contribution in [1.29, 1.82) is 0 Å². The van der Waals surface area contributed by atoms with E-state index in [-0.39, 0.29) is 11.6 Å². The quantitative estimate of drug-likeness (QED) is 0.782. The number of nitrogens with two attached hydrogens (primary N) is 1. The van der Waals surface area contributed by atoms with E-state index in [0.717, 1.165) is 4.88 Å². The van der Waals surface area contributed by atoms with E-state index < -0.39 is 0 Å². The Morgan fingerprint density at radius 2 is 2.21 bits per heavy atom. The van der Waals surface area contributed by atoms with E-state index in [4.69, 9.17) is 5.73 Å². The van der Waals surface area contributed by atoms with Gasteiger partial charge < -0.3 is 10.7 Å². The Labute approximate surface area is 85.2 Å². The first-order valence-corrected chi connectivity index (χ1v) is 5.13. The van der Waals surface area contributed by atoms with Crippen molar-refractivity contribution < 1.29 is 0 Å². The van der Waals surface area contributed by atoms with Gasteiger partial charge in [-0.25, -0.2) is 0 Å². The number of H-pyrrole nitrogens is 1. The van der Waals surface area contributed by atoms with Crippen LogP contribution in [0.3, 0.4) is 0 Å². The highest BCUT2D eigenvalue weighted by molar-refractivity contribution is 7.10. The predicted octanol–water partition coefficient (Wildman–Crippen LogP) is 1.48. The molecule has 1 unspecified atom stereocenters. The fourth-order valence-electron chi connectivity index (χ4n) is 1.30. The van der Waals surface area contributed by atoms with Crippen LogP contribution >= 0.6 is 11.3 Å². The second-order valence-corrected chi connectivity index (χ2v) is 3.93. The highest BCUT2D eigenvalue weighted by atomic mass is 32.1. The number of aromatic nitrogens is 1. The van der Waals surface area contributed by atoms with Gasteiger partial charge in [0.15, 0.2) is 0 Å². The van der Waals surface area contributed by atoms with Crippen LogP contribution < -0.4 is 11.3 Å². The van der Waals surface area contributed by atoms with Crippen molar-refractivity contribution in [2.75, 3.05) is 0 Å². The van der Waals surface area contributed by atoms with E-state index in [1.165, 1.54) is 0 Å². The fraction of sp³-hybridized carbons (Fsp3) is 0.100. The van der Waals surface area contributed by atoms with Gasteiger partial charge in [-0.2, -0.15) is 0 Å². The molecule has 3 N–H and O–H groups in total. The van der Waals surface area contributed by atoms with Gasteiger partial charge in [-0.15, -0.1) is 11.3 Å². The second kappa shape index (κ2) is 3.77. The molecule has 0 aliphatic carbocycles. The van der Waals surface area contributed by atoms with E-state index in [0.29, 0.717) is 5.56 Å². The van der Waals surface area contributed by atoms with Crippen LogP contribution in [0.5, 0.6) is 0 Å². The van der Waals surface area contributed by atoms with Crippen LogP contribution in [0.2, 0.25) is 0 Å². The van der Waals surface area contributed by atoms with Crippen LogP contribution in [0.15, 0.2) is 40.6 Å². The summed E-state index contributed by atoms with van der Waals surface area (Å²) in [5.41, 5.74) is 6.44. The van der Waals surface area contributed by atoms with E-state index in [2.05, 4.69) is 4.98 Å². The maximum absolute atomic E-state index is 11.4. The molecule has 72 valence electrons. The summed E-state index contributed by atoms with van der Waals surface area (Å²) >= 11 is 1.56. The molecular weight excluding hydrogens is 196 g/mol. The first kappa shape index (κ1) is 9.18. The third-order valence-corrected chi connectivity index (χ3v) is 2.99. The van der Waals surface area contributed by atoms with Crippen molar-refractivity contribution in [3.8, 4) is 0 Å². The lowest BCUT2D eigenvalue weighted by molar-refractivity contribution is 0.868. The maximum atomic E-state index is 11.4. The summed E-state index contributed by atoms with van der Waals surface area (Å²) in [4.78, 5) is 15.0. The molecule has 4 heteroatoms. The Morgan fingerprint density at radius 3 is 2.86 bits per heavy atom. The van der Waals surface area contributed by atoms with Crippen molar-refractivity contribution in [3.63, 3.8) is 0 Å². The zero-order chi connectivity index (χ0) is 9.97. The molecule has 14 heavy (non-hydrogen) atoms. The Morgan fingerprint density at radius 1 is 1.36 bits per heavy atom. The van der Waals surface area contributed by atoms with E-state index in [1.54, 1.807) is 29.7 Å². The topological polar surface area (TPSA) is 58.9 Å². The number of pyridine rings is 1. The zero-order valence-corrected chi connectivity index (χ0v) is 8.25. The summed E-state index contributed by atoms with van der Waals surface area (Å²) in [6.45, 7) is 0. The summed E-state index contributed by atoms with van der Waals surface area (Å²) < 4.78 is 0. The van der Waals surface area contributed by atoms with Crippen molar-refractivity contribution >= 4 is 11.3 Å². The van der Waals surface area contributed by atoms with Crippen molar-refractivity contribution in [2.24, 2.45) is 5.73 Å². The van der Waals surface area contributed by atoms with Gasteiger partial charge >= 0.3 is 0 Å². The molecule has 0 aliphatic heterocycles. The monoisotopic (exact) mass is 206 g/mol. The molecule has 0 saturated heterocycles. The molecule has 2 aromatic heterocycles. The molecule has 0 fully saturated rings. The lowest BCUT2D eigenvalue weighted by Gasteiger charge is -2.07. The number of rotatable bonds is 2. The molecule has 0 aromatic carbocycles. The molecule has 0 saturated carbocycles. The predicted molar refractivity (Wildman–Crippen MR) is 57.4 cm³/mol. The van der Waals surface area contributed by atoms with Gasteiger partial charge in [-0.05, 0) is 17.5 Å². The summed E-state index contributed by atoms with van der Waals surface area (Å²) in [6, 6.07) is 7.08. The normalized spacial score (nSPS) is 12.6. The smallest absolute Gasteiger partial charge is 0.253 e. The van der Waals surface area contributed by atoms with E-state index in [1.807, 2.05) is 17.5 Å². The number of hydrogen-bond donors (Lipinski definition) is 2. The fourth-order valence-corrected chi connectivity index (χ4v) is 2.05. The van der Waals surface area contributed by atoms with E-state index in [9.17, 15) is 4.79 Å². The summed E-state index contributed by atoms with van der Waals surface area (Å²) in [5, 5.41) is 1.95. The SMILES string of the molecule is NC(c1cccs1)c1ccc[nH]c1=O. The molecule has 0 spiro atoms. The molecule has 3 nitrogen and oxygen atoms in total. The molecule has 2 aromatic rings. The minimum absolute atomic E-state index is 0.117. The number of hydrogen-bond acceptors (Lipinski definition) is 3. The zero-order valence-electron chi connectivity index (χ0n) is 7.44. The average Bonchev–Trinajstić information content (AvgIpc) is 2.70. The number of nitrogens with one attached hydrogen (secondary N) is 1. The third kappa shape index (κ3) is 1.62. The Hall–Kier alpha value is -1.39. The summed E-state index contributed by atoms with van der Waals surface area (Å²) in [6.07, 6.45) is 1.60. The van der Waals surface area contributed by atoms with Crippen molar-refractivity contribution in [1.82, 2.24) is 4.98 Å². The molecule has 2 heterocycles. The van der Waals surface area contributed by atoms with Crippen LogP contribution in [0.4, 0.5) is 0 Å². The van der Waals surface area contributed by atoms with Crippen LogP contribution in [0.1, 0.15) is 16.5 Å². The average molecular weight is 206 g/mol. The Kier molecular flexibility index (Phi) is 2.47. The van der Waals surface area contributed by atoms with Crippen molar-refractivity contribution in [3.05, 3.63) is 56.6 Å². The van der Waals surface area contributed by atoms with Crippen LogP contribution in [0, 0.1) is 0 Å². The first-order valence-electron chi connectivity index (χ1n) is 4.25. The highest BCUT2D eigenvalue weighted by Crippen LogP contribution is 2.20. The van der Waals surface area contributed by atoms with Gasteiger partial charge in [0.1, 0.15) is 0 Å². The Balaban J connectivity index is 2.42. The van der Waals surface area contributed by atoms with Crippen LogP contribution in [0.25, 0.3) is 0 Å². The molecule has 0 bridgehead atoms. The molecule has 0 radical (unpaired) electrons. The number of aromatic amines is 1. The molecule has 2 rings (SSSR count). The van der Waals surface area contributed by atoms with Gasteiger partial charge in [0.25, 0.3) is 5.56 Å². The van der Waals surface area contributed by atoms with Crippen molar-refractivity contribution in [2.45, 2.75) is 6.04 Å². The van der Waals surface area contributed by atoms with Crippen LogP contribution in [-0.4, -0.2) is 4.98 Å². The van der Waals surface area contributed by atoms with Gasteiger partial charge in [0.05, 0.1) is 6.04 Å². The second-order valence-electron chi connectivity index (χ2n) is 2.95. The lowest BCUT2D eigenvalue weighted by Crippen LogP contribution is -2.21. The molecular formula is C10H10N2OS. The van der Waals surface area contributed by atoms with Gasteiger partial charge in [-0.1, -0.05) is 12.1 Å². The maximum Gasteiger partial charge on any atom is 0.253 e. The first-order chi connectivity index (χ1) is 6.79.